The molecule has 1 unspecified atom stereocenters. The van der Waals surface area contributed by atoms with Crippen LogP contribution in [0.4, 0.5) is 0 Å². The van der Waals surface area contributed by atoms with E-state index in [9.17, 15) is 0 Å². The van der Waals surface area contributed by atoms with Crippen molar-refractivity contribution in [3.05, 3.63) is 10.4 Å². The fourth-order valence-corrected chi connectivity index (χ4v) is 4.89. The summed E-state index contributed by atoms with van der Waals surface area (Å²) < 4.78 is 5.87. The Morgan fingerprint density at radius 1 is 1.17 bits per heavy atom. The summed E-state index contributed by atoms with van der Waals surface area (Å²) in [5.41, 5.74) is 9.45. The molecule has 0 amide bonds. The Labute approximate surface area is 110 Å². The normalized spacial score (nSPS) is 32.1. The quantitative estimate of drug-likeness (QED) is 0.410. The van der Waals surface area contributed by atoms with E-state index in [4.69, 9.17) is 10.3 Å². The molecule has 2 aliphatic rings. The largest absolute Gasteiger partial charge is 0.377 e. The Morgan fingerprint density at radius 3 is 2.33 bits per heavy atom. The molecule has 0 aromatic heterocycles. The highest BCUT2D eigenvalue weighted by Crippen LogP contribution is 2.59. The molecule has 2 rings (SSSR count). The number of hydrogen-bond donors (Lipinski definition) is 0. The maximum absolute atomic E-state index is 8.52. The van der Waals surface area contributed by atoms with Crippen LogP contribution in [0.1, 0.15) is 53.4 Å². The highest BCUT2D eigenvalue weighted by Gasteiger charge is 2.53. The second kappa shape index (κ2) is 4.43. The van der Waals surface area contributed by atoms with Gasteiger partial charge in [0.2, 0.25) is 0 Å². The summed E-state index contributed by atoms with van der Waals surface area (Å²) >= 11 is 0. The molecule has 0 radical (unpaired) electrons. The molecule has 0 N–H and O–H groups in total. The maximum atomic E-state index is 8.52. The minimum absolute atomic E-state index is 0.118. The Balaban J connectivity index is 2.25. The molecule has 2 fully saturated rings. The van der Waals surface area contributed by atoms with Gasteiger partial charge in [0.15, 0.2) is 0 Å². The number of ether oxygens (including phenoxy) is 1. The standard InChI is InChI=1S/C14H25N3O/c1-12(2)8-13(3,4)10-14(9-12)5-6-18-11(14)7-16-17-15/h11H,5-10H2,1-4H3. The summed E-state index contributed by atoms with van der Waals surface area (Å²) in [6.07, 6.45) is 4.87. The minimum Gasteiger partial charge on any atom is -0.377 e. The van der Waals surface area contributed by atoms with Gasteiger partial charge in [-0.15, -0.1) is 0 Å². The molecule has 4 nitrogen and oxygen atoms in total. The Hall–Kier alpha value is -0.730. The second-order valence-corrected chi connectivity index (χ2v) is 7.74. The maximum Gasteiger partial charge on any atom is 0.0688 e. The van der Waals surface area contributed by atoms with Crippen molar-refractivity contribution in [2.75, 3.05) is 13.2 Å². The smallest absolute Gasteiger partial charge is 0.0688 e. The van der Waals surface area contributed by atoms with Gasteiger partial charge in [-0.25, -0.2) is 0 Å². The van der Waals surface area contributed by atoms with Crippen LogP contribution in [0.15, 0.2) is 5.11 Å². The molecule has 1 aliphatic carbocycles. The predicted molar refractivity (Wildman–Crippen MR) is 72.2 cm³/mol. The van der Waals surface area contributed by atoms with Gasteiger partial charge >= 0.3 is 0 Å². The highest BCUT2D eigenvalue weighted by atomic mass is 16.5. The molecule has 1 saturated carbocycles. The number of azide groups is 1. The highest BCUT2D eigenvalue weighted by molar-refractivity contribution is 5.03. The van der Waals surface area contributed by atoms with Crippen molar-refractivity contribution in [3.8, 4) is 0 Å². The molecular formula is C14H25N3O. The number of rotatable bonds is 2. The SMILES string of the molecule is CC1(C)CC(C)(C)CC2(CCOC2CN=[N+]=[N-])C1. The van der Waals surface area contributed by atoms with Crippen LogP contribution in [0.25, 0.3) is 10.4 Å². The zero-order valence-electron chi connectivity index (χ0n) is 12.1. The molecule has 18 heavy (non-hydrogen) atoms. The molecule has 4 heteroatoms. The first-order valence-electron chi connectivity index (χ1n) is 6.91. The van der Waals surface area contributed by atoms with Crippen molar-refractivity contribution in [3.63, 3.8) is 0 Å². The molecule has 1 atom stereocenters. The molecule has 0 bridgehead atoms. The van der Waals surface area contributed by atoms with Crippen molar-refractivity contribution in [1.82, 2.24) is 0 Å². The fraction of sp³-hybridized carbons (Fsp3) is 1.00. The minimum atomic E-state index is 0.118. The van der Waals surface area contributed by atoms with E-state index < -0.39 is 0 Å². The molecule has 0 aromatic rings. The van der Waals surface area contributed by atoms with Crippen molar-refractivity contribution < 1.29 is 4.74 Å². The average Bonchev–Trinajstić information content (AvgIpc) is 2.52. The molecular weight excluding hydrogens is 226 g/mol. The molecule has 102 valence electrons. The predicted octanol–water partition coefficient (Wildman–Crippen LogP) is 4.31. The van der Waals surface area contributed by atoms with E-state index in [1.54, 1.807) is 0 Å². The lowest BCUT2D eigenvalue weighted by Gasteiger charge is -2.52. The summed E-state index contributed by atoms with van der Waals surface area (Å²) in [7, 11) is 0. The zero-order valence-corrected chi connectivity index (χ0v) is 12.1. The van der Waals surface area contributed by atoms with Gasteiger partial charge in [0.1, 0.15) is 0 Å². The summed E-state index contributed by atoms with van der Waals surface area (Å²) in [5.74, 6) is 0. The van der Waals surface area contributed by atoms with Crippen molar-refractivity contribution >= 4 is 0 Å². The van der Waals surface area contributed by atoms with Crippen molar-refractivity contribution in [2.24, 2.45) is 21.4 Å². The van der Waals surface area contributed by atoms with Gasteiger partial charge in [0.25, 0.3) is 0 Å². The van der Waals surface area contributed by atoms with E-state index in [1.807, 2.05) is 0 Å². The number of nitrogens with zero attached hydrogens (tertiary/aromatic N) is 3. The summed E-state index contributed by atoms with van der Waals surface area (Å²) in [4.78, 5) is 2.89. The summed E-state index contributed by atoms with van der Waals surface area (Å²) in [6.45, 7) is 10.7. The average molecular weight is 251 g/mol. The molecule has 0 aromatic carbocycles. The molecule has 1 aliphatic heterocycles. The van der Waals surface area contributed by atoms with Crippen LogP contribution in [-0.4, -0.2) is 19.3 Å². The Bertz CT molecular complexity index is 353. The van der Waals surface area contributed by atoms with E-state index in [0.29, 0.717) is 17.4 Å². The Kier molecular flexibility index (Phi) is 3.37. The van der Waals surface area contributed by atoms with E-state index in [2.05, 4.69) is 37.7 Å². The zero-order chi connectivity index (χ0) is 13.4. The van der Waals surface area contributed by atoms with E-state index >= 15 is 0 Å². The lowest BCUT2D eigenvalue weighted by Crippen LogP contribution is -2.46. The van der Waals surface area contributed by atoms with Crippen molar-refractivity contribution in [1.29, 1.82) is 0 Å². The first-order chi connectivity index (χ1) is 8.29. The van der Waals surface area contributed by atoms with E-state index in [0.717, 1.165) is 13.0 Å². The van der Waals surface area contributed by atoms with Crippen LogP contribution in [0.2, 0.25) is 0 Å². The Morgan fingerprint density at radius 2 is 1.78 bits per heavy atom. The third-order valence-electron chi connectivity index (χ3n) is 4.53. The first-order valence-corrected chi connectivity index (χ1v) is 6.91. The monoisotopic (exact) mass is 251 g/mol. The topological polar surface area (TPSA) is 58.0 Å². The van der Waals surface area contributed by atoms with Gasteiger partial charge in [0.05, 0.1) is 12.6 Å². The van der Waals surface area contributed by atoms with Gasteiger partial charge < -0.3 is 4.74 Å². The number of hydrogen-bond acceptors (Lipinski definition) is 2. The molecule has 1 spiro atoms. The summed E-state index contributed by atoms with van der Waals surface area (Å²) in [6, 6.07) is 0. The third kappa shape index (κ3) is 2.65. The second-order valence-electron chi connectivity index (χ2n) is 7.74. The third-order valence-corrected chi connectivity index (χ3v) is 4.53. The van der Waals surface area contributed by atoms with E-state index in [-0.39, 0.29) is 11.5 Å². The van der Waals surface area contributed by atoms with Gasteiger partial charge in [-0.1, -0.05) is 32.8 Å². The first kappa shape index (κ1) is 13.7. The van der Waals surface area contributed by atoms with Gasteiger partial charge in [0, 0.05) is 11.5 Å². The van der Waals surface area contributed by atoms with Crippen LogP contribution < -0.4 is 0 Å². The van der Waals surface area contributed by atoms with Gasteiger partial charge in [-0.2, -0.15) is 0 Å². The van der Waals surface area contributed by atoms with Crippen LogP contribution in [0.3, 0.4) is 0 Å². The van der Waals surface area contributed by atoms with Crippen LogP contribution >= 0.6 is 0 Å². The van der Waals surface area contributed by atoms with Crippen LogP contribution in [0.5, 0.6) is 0 Å². The lowest BCUT2D eigenvalue weighted by molar-refractivity contribution is -0.0476. The summed E-state index contributed by atoms with van der Waals surface area (Å²) in [5, 5.41) is 3.75. The van der Waals surface area contributed by atoms with Crippen LogP contribution in [-0.2, 0) is 4.74 Å². The fourth-order valence-electron chi connectivity index (χ4n) is 4.89. The van der Waals surface area contributed by atoms with Gasteiger partial charge in [-0.05, 0) is 47.5 Å². The van der Waals surface area contributed by atoms with Crippen molar-refractivity contribution in [2.45, 2.75) is 59.5 Å². The molecule has 1 heterocycles. The lowest BCUT2D eigenvalue weighted by atomic mass is 9.53. The van der Waals surface area contributed by atoms with E-state index in [1.165, 1.54) is 19.3 Å². The van der Waals surface area contributed by atoms with Gasteiger partial charge in [-0.3, -0.25) is 0 Å². The van der Waals surface area contributed by atoms with Crippen LogP contribution in [0, 0.1) is 16.2 Å². The molecule has 1 saturated heterocycles.